The van der Waals surface area contributed by atoms with Gasteiger partial charge in [0.15, 0.2) is 0 Å². The van der Waals surface area contributed by atoms with E-state index in [0.29, 0.717) is 30.6 Å². The number of aryl methyl sites for hydroxylation is 1. The minimum atomic E-state index is -4.62. The Labute approximate surface area is 229 Å². The van der Waals surface area contributed by atoms with Crippen LogP contribution >= 0.6 is 0 Å². The van der Waals surface area contributed by atoms with E-state index in [2.05, 4.69) is 15.5 Å². The zero-order valence-electron chi connectivity index (χ0n) is 22.5. The monoisotopic (exact) mass is 557 g/mol. The van der Waals surface area contributed by atoms with Crippen LogP contribution in [0.1, 0.15) is 58.2 Å². The van der Waals surface area contributed by atoms with Crippen LogP contribution in [-0.4, -0.2) is 46.6 Å². The second-order valence-electron chi connectivity index (χ2n) is 11.3. The number of ether oxygens (including phenoxy) is 1. The number of fused-ring (bicyclic) bond motifs is 1. The fourth-order valence-corrected chi connectivity index (χ4v) is 6.32. The molecule has 0 saturated heterocycles. The summed E-state index contributed by atoms with van der Waals surface area (Å²) in [4.78, 5) is 15.0. The predicted molar refractivity (Wildman–Crippen MR) is 139 cm³/mol. The van der Waals surface area contributed by atoms with E-state index in [9.17, 15) is 22.4 Å². The first-order valence-electron chi connectivity index (χ1n) is 13.4. The van der Waals surface area contributed by atoms with Crippen molar-refractivity contribution < 1.29 is 27.1 Å². The summed E-state index contributed by atoms with van der Waals surface area (Å²) in [5, 5.41) is 11.5. The molecule has 0 spiro atoms. The molecule has 2 aromatic carbocycles. The molecule has 1 aromatic heterocycles. The van der Waals surface area contributed by atoms with Crippen LogP contribution in [0.15, 0.2) is 42.7 Å². The third-order valence-corrected chi connectivity index (χ3v) is 8.90. The van der Waals surface area contributed by atoms with Crippen molar-refractivity contribution in [3.05, 3.63) is 76.4 Å². The number of anilines is 1. The normalized spacial score (nSPS) is 27.6. The van der Waals surface area contributed by atoms with Crippen LogP contribution in [0.25, 0.3) is 0 Å². The maximum atomic E-state index is 14.2. The summed E-state index contributed by atoms with van der Waals surface area (Å²) in [6, 6.07) is 10.0. The summed E-state index contributed by atoms with van der Waals surface area (Å²) in [6.07, 6.45) is -2.48. The van der Waals surface area contributed by atoms with Gasteiger partial charge in [0.1, 0.15) is 18.3 Å². The van der Waals surface area contributed by atoms with Gasteiger partial charge in [-0.3, -0.25) is 4.79 Å². The van der Waals surface area contributed by atoms with Crippen molar-refractivity contribution in [3.8, 4) is 0 Å². The highest BCUT2D eigenvalue weighted by Gasteiger charge is 2.51. The van der Waals surface area contributed by atoms with Crippen molar-refractivity contribution in [3.63, 3.8) is 0 Å². The Balaban J connectivity index is 1.30. The van der Waals surface area contributed by atoms with Gasteiger partial charge in [0.2, 0.25) is 0 Å². The third-order valence-electron chi connectivity index (χ3n) is 8.90. The number of carbonyl (C=O) groups excluding carboxylic acids is 1. The molecule has 2 saturated carbocycles. The molecule has 1 amide bonds. The standard InChI is InChI=1S/C29H31F4N5O2/c1-16-22(25(16)30)13-34-12-17-7-21-23(24(8-17)29(31,32)33)14-38(26(21)39)19-6-4-5-18(9-19)28(10-20(11-28)40-3)27-36-35-15-37(27)2/h4-9,15-16,20,22,25,34H,10-14H2,1-3H3/t16-,20?,22-,25?,28?/m1/s1. The smallest absolute Gasteiger partial charge is 0.381 e. The summed E-state index contributed by atoms with van der Waals surface area (Å²) in [5.41, 5.74) is 0.494. The topological polar surface area (TPSA) is 72.3 Å². The lowest BCUT2D eigenvalue weighted by molar-refractivity contribution is -0.138. The molecule has 3 aliphatic rings. The van der Waals surface area contributed by atoms with E-state index < -0.39 is 29.2 Å². The summed E-state index contributed by atoms with van der Waals surface area (Å²) in [7, 11) is 3.53. The van der Waals surface area contributed by atoms with Crippen LogP contribution in [0, 0.1) is 11.8 Å². The second kappa shape index (κ2) is 9.66. The molecular formula is C29H31F4N5O2. The molecule has 1 N–H and O–H groups in total. The fraction of sp³-hybridized carbons (Fsp3) is 0.483. The number of alkyl halides is 4. The highest BCUT2D eigenvalue weighted by atomic mass is 19.4. The van der Waals surface area contributed by atoms with Crippen molar-refractivity contribution in [1.29, 1.82) is 0 Å². The van der Waals surface area contributed by atoms with Gasteiger partial charge in [-0.25, -0.2) is 4.39 Å². The molecule has 0 bridgehead atoms. The Morgan fingerprint density at radius 3 is 2.58 bits per heavy atom. The van der Waals surface area contributed by atoms with Gasteiger partial charge in [-0.1, -0.05) is 19.1 Å². The SMILES string of the molecule is COC1CC(c2cccc(N3Cc4c(cc(CNC[C@H]5C(F)[C@@H]5C)cc4C(F)(F)F)C3=O)c2)(c2nncn2C)C1. The van der Waals surface area contributed by atoms with Gasteiger partial charge in [0.25, 0.3) is 5.91 Å². The number of nitrogens with zero attached hydrogens (tertiary/aromatic N) is 4. The van der Waals surface area contributed by atoms with Crippen LogP contribution in [0.4, 0.5) is 23.2 Å². The van der Waals surface area contributed by atoms with Gasteiger partial charge in [-0.05, 0) is 59.7 Å². The second-order valence-corrected chi connectivity index (χ2v) is 11.3. The molecule has 3 atom stereocenters. The van der Waals surface area contributed by atoms with Gasteiger partial charge in [0, 0.05) is 44.4 Å². The van der Waals surface area contributed by atoms with Crippen molar-refractivity contribution in [2.75, 3.05) is 18.6 Å². The number of methoxy groups -OCH3 is 1. The summed E-state index contributed by atoms with van der Waals surface area (Å²) < 4.78 is 63.4. The van der Waals surface area contributed by atoms with Gasteiger partial charge in [-0.15, -0.1) is 10.2 Å². The quantitative estimate of drug-likeness (QED) is 0.404. The molecule has 2 heterocycles. The molecule has 40 heavy (non-hydrogen) atoms. The van der Waals surface area contributed by atoms with E-state index in [1.165, 1.54) is 11.0 Å². The average Bonchev–Trinajstić information content (AvgIpc) is 3.20. The van der Waals surface area contributed by atoms with Crippen LogP contribution in [0.5, 0.6) is 0 Å². The number of carbonyl (C=O) groups is 1. The van der Waals surface area contributed by atoms with E-state index in [4.69, 9.17) is 4.74 Å². The number of hydrogen-bond donors (Lipinski definition) is 1. The first kappa shape index (κ1) is 26.9. The molecule has 2 aliphatic carbocycles. The molecule has 3 aromatic rings. The zero-order chi connectivity index (χ0) is 28.4. The predicted octanol–water partition coefficient (Wildman–Crippen LogP) is 4.78. The average molecular weight is 558 g/mol. The van der Waals surface area contributed by atoms with E-state index in [1.807, 2.05) is 36.7 Å². The maximum Gasteiger partial charge on any atom is 0.416 e. The van der Waals surface area contributed by atoms with Crippen molar-refractivity contribution in [2.45, 2.75) is 56.7 Å². The largest absolute Gasteiger partial charge is 0.416 e. The molecule has 11 heteroatoms. The summed E-state index contributed by atoms with van der Waals surface area (Å²) in [5.74, 6) is 0.123. The molecular weight excluding hydrogens is 526 g/mol. The number of hydrogen-bond acceptors (Lipinski definition) is 5. The lowest BCUT2D eigenvalue weighted by Crippen LogP contribution is -2.48. The Hall–Kier alpha value is -3.31. The van der Waals surface area contributed by atoms with Crippen LogP contribution in [0.3, 0.4) is 0 Å². The molecule has 212 valence electrons. The third kappa shape index (κ3) is 4.39. The summed E-state index contributed by atoms with van der Waals surface area (Å²) in [6.45, 7) is 2.13. The lowest BCUT2D eigenvalue weighted by Gasteiger charge is -2.46. The van der Waals surface area contributed by atoms with E-state index in [1.54, 1.807) is 19.5 Å². The molecule has 1 aliphatic heterocycles. The van der Waals surface area contributed by atoms with Crippen LogP contribution < -0.4 is 10.2 Å². The molecule has 7 nitrogen and oxygen atoms in total. The fourth-order valence-electron chi connectivity index (χ4n) is 6.32. The summed E-state index contributed by atoms with van der Waals surface area (Å²) >= 11 is 0. The molecule has 2 fully saturated rings. The number of benzene rings is 2. The van der Waals surface area contributed by atoms with Crippen molar-refractivity contribution in [1.82, 2.24) is 20.1 Å². The minimum absolute atomic E-state index is 0.0302. The van der Waals surface area contributed by atoms with Gasteiger partial charge >= 0.3 is 6.18 Å². The Kier molecular flexibility index (Phi) is 6.49. The minimum Gasteiger partial charge on any atom is -0.381 e. The molecule has 6 rings (SSSR count). The van der Waals surface area contributed by atoms with E-state index in [0.717, 1.165) is 17.5 Å². The van der Waals surface area contributed by atoms with Crippen molar-refractivity contribution >= 4 is 11.6 Å². The number of amides is 1. The highest BCUT2D eigenvalue weighted by molar-refractivity contribution is 6.10. The van der Waals surface area contributed by atoms with Gasteiger partial charge in [0.05, 0.1) is 23.6 Å². The van der Waals surface area contributed by atoms with Crippen LogP contribution in [0.2, 0.25) is 0 Å². The maximum absolute atomic E-state index is 14.2. The number of aromatic nitrogens is 3. The number of halogens is 4. The van der Waals surface area contributed by atoms with E-state index in [-0.39, 0.29) is 42.2 Å². The number of nitrogens with one attached hydrogen (secondary N) is 1. The van der Waals surface area contributed by atoms with Gasteiger partial charge < -0.3 is 19.5 Å². The zero-order valence-corrected chi connectivity index (χ0v) is 22.5. The first-order chi connectivity index (χ1) is 19.0. The van der Waals surface area contributed by atoms with E-state index >= 15 is 0 Å². The Morgan fingerprint density at radius 1 is 1.20 bits per heavy atom. The van der Waals surface area contributed by atoms with Crippen molar-refractivity contribution in [2.24, 2.45) is 18.9 Å². The molecule has 1 unspecified atom stereocenters. The first-order valence-corrected chi connectivity index (χ1v) is 13.4. The Morgan fingerprint density at radius 2 is 1.95 bits per heavy atom. The van der Waals surface area contributed by atoms with Gasteiger partial charge in [-0.2, -0.15) is 13.2 Å². The van der Waals surface area contributed by atoms with Crippen LogP contribution in [-0.2, 0) is 36.5 Å². The highest BCUT2D eigenvalue weighted by Crippen LogP contribution is 2.50. The molecule has 0 radical (unpaired) electrons. The lowest BCUT2D eigenvalue weighted by atomic mass is 9.62. The Bertz CT molecular complexity index is 1440. The number of rotatable bonds is 8.